The van der Waals surface area contributed by atoms with Crippen LogP contribution >= 0.6 is 0 Å². The molecule has 0 aliphatic rings. The van der Waals surface area contributed by atoms with Crippen molar-refractivity contribution in [3.05, 3.63) is 48.2 Å². The maximum absolute atomic E-state index is 11.3. The third kappa shape index (κ3) is 3.71. The highest BCUT2D eigenvalue weighted by molar-refractivity contribution is 7.90. The number of nitrogens with one attached hydrogen (secondary N) is 1. The summed E-state index contributed by atoms with van der Waals surface area (Å²) >= 11 is 0. The van der Waals surface area contributed by atoms with Gasteiger partial charge in [0.2, 0.25) is 5.88 Å². The summed E-state index contributed by atoms with van der Waals surface area (Å²) in [6, 6.07) is 12.2. The van der Waals surface area contributed by atoms with E-state index in [1.54, 1.807) is 37.4 Å². The van der Waals surface area contributed by atoms with E-state index in [2.05, 4.69) is 10.3 Å². The highest BCUT2D eigenvalue weighted by Gasteiger charge is 2.06. The predicted molar refractivity (Wildman–Crippen MR) is 77.7 cm³/mol. The zero-order valence-corrected chi connectivity index (χ0v) is 12.1. The van der Waals surface area contributed by atoms with Gasteiger partial charge in [0.05, 0.1) is 24.2 Å². The molecule has 1 heterocycles. The molecule has 1 aromatic carbocycles. The van der Waals surface area contributed by atoms with Crippen LogP contribution in [0.1, 0.15) is 5.69 Å². The topological polar surface area (TPSA) is 68.3 Å². The summed E-state index contributed by atoms with van der Waals surface area (Å²) in [6.45, 7) is 0.537. The van der Waals surface area contributed by atoms with Crippen LogP contribution in [-0.4, -0.2) is 26.8 Å². The first-order valence-corrected chi connectivity index (χ1v) is 7.92. The fourth-order valence-electron chi connectivity index (χ4n) is 1.68. The highest BCUT2D eigenvalue weighted by Crippen LogP contribution is 2.15. The Morgan fingerprint density at radius 2 is 1.85 bits per heavy atom. The van der Waals surface area contributed by atoms with Gasteiger partial charge in [0.25, 0.3) is 0 Å². The normalized spacial score (nSPS) is 11.1. The van der Waals surface area contributed by atoms with E-state index in [1.807, 2.05) is 12.1 Å². The van der Waals surface area contributed by atoms with Crippen LogP contribution in [0.25, 0.3) is 0 Å². The Balaban J connectivity index is 2.04. The molecule has 0 saturated heterocycles. The summed E-state index contributed by atoms with van der Waals surface area (Å²) in [5.74, 6) is 0.566. The maximum atomic E-state index is 11.3. The molecule has 0 bridgehead atoms. The Morgan fingerprint density at radius 3 is 2.45 bits per heavy atom. The molecule has 1 aromatic heterocycles. The summed E-state index contributed by atoms with van der Waals surface area (Å²) < 4.78 is 27.8. The Morgan fingerprint density at radius 1 is 1.15 bits per heavy atom. The Kier molecular flexibility index (Phi) is 4.24. The van der Waals surface area contributed by atoms with Crippen LogP contribution in [0.4, 0.5) is 5.69 Å². The number of nitrogens with zero attached hydrogens (tertiary/aromatic N) is 1. The second-order valence-electron chi connectivity index (χ2n) is 4.32. The van der Waals surface area contributed by atoms with Gasteiger partial charge in [0.15, 0.2) is 9.84 Å². The van der Waals surface area contributed by atoms with Gasteiger partial charge in [0.1, 0.15) is 0 Å². The monoisotopic (exact) mass is 292 g/mol. The number of methoxy groups -OCH3 is 1. The third-order valence-corrected chi connectivity index (χ3v) is 3.87. The highest BCUT2D eigenvalue weighted by atomic mass is 32.2. The fraction of sp³-hybridized carbons (Fsp3) is 0.214. The van der Waals surface area contributed by atoms with Crippen LogP contribution in [0, 0.1) is 0 Å². The quantitative estimate of drug-likeness (QED) is 0.914. The molecule has 0 saturated carbocycles. The molecule has 0 unspecified atom stereocenters. The third-order valence-electron chi connectivity index (χ3n) is 2.75. The minimum atomic E-state index is -3.15. The first kappa shape index (κ1) is 14.3. The molecule has 6 heteroatoms. The Labute approximate surface area is 118 Å². The molecule has 5 nitrogen and oxygen atoms in total. The number of hydrogen-bond acceptors (Lipinski definition) is 5. The molecule has 1 N–H and O–H groups in total. The van der Waals surface area contributed by atoms with Crippen molar-refractivity contribution < 1.29 is 13.2 Å². The smallest absolute Gasteiger partial charge is 0.213 e. The zero-order valence-electron chi connectivity index (χ0n) is 11.3. The van der Waals surface area contributed by atoms with Crippen LogP contribution in [0.2, 0.25) is 0 Å². The second kappa shape index (κ2) is 5.92. The van der Waals surface area contributed by atoms with Crippen molar-refractivity contribution in [2.75, 3.05) is 18.7 Å². The van der Waals surface area contributed by atoms with Crippen LogP contribution < -0.4 is 10.1 Å². The van der Waals surface area contributed by atoms with Gasteiger partial charge in [-0.2, -0.15) is 0 Å². The lowest BCUT2D eigenvalue weighted by Gasteiger charge is -2.07. The molecule has 0 radical (unpaired) electrons. The van der Waals surface area contributed by atoms with Crippen LogP contribution in [-0.2, 0) is 16.4 Å². The minimum absolute atomic E-state index is 0.308. The Bertz CT molecular complexity index is 682. The lowest BCUT2D eigenvalue weighted by atomic mass is 10.3. The molecule has 0 fully saturated rings. The van der Waals surface area contributed by atoms with Gasteiger partial charge in [-0.25, -0.2) is 13.4 Å². The number of pyridine rings is 1. The van der Waals surface area contributed by atoms with Gasteiger partial charge in [-0.05, 0) is 30.3 Å². The average Bonchev–Trinajstić information content (AvgIpc) is 2.45. The predicted octanol–water partition coefficient (Wildman–Crippen LogP) is 2.11. The van der Waals surface area contributed by atoms with Gasteiger partial charge in [-0.1, -0.05) is 6.07 Å². The number of rotatable bonds is 5. The van der Waals surface area contributed by atoms with E-state index in [-0.39, 0.29) is 0 Å². The average molecular weight is 292 g/mol. The minimum Gasteiger partial charge on any atom is -0.481 e. The van der Waals surface area contributed by atoms with Crippen LogP contribution in [0.15, 0.2) is 47.4 Å². The zero-order chi connectivity index (χ0) is 14.6. The van der Waals surface area contributed by atoms with E-state index >= 15 is 0 Å². The number of hydrogen-bond donors (Lipinski definition) is 1. The number of benzene rings is 1. The van der Waals surface area contributed by atoms with E-state index in [4.69, 9.17) is 4.74 Å². The van der Waals surface area contributed by atoms with Crippen molar-refractivity contribution in [1.82, 2.24) is 4.98 Å². The van der Waals surface area contributed by atoms with Crippen molar-refractivity contribution in [2.45, 2.75) is 11.4 Å². The van der Waals surface area contributed by atoms with Gasteiger partial charge >= 0.3 is 0 Å². The fourth-order valence-corrected chi connectivity index (χ4v) is 2.31. The van der Waals surface area contributed by atoms with E-state index < -0.39 is 9.84 Å². The van der Waals surface area contributed by atoms with E-state index in [9.17, 15) is 8.42 Å². The summed E-state index contributed by atoms with van der Waals surface area (Å²) in [5, 5.41) is 3.18. The molecule has 20 heavy (non-hydrogen) atoms. The number of sulfone groups is 1. The summed E-state index contributed by atoms with van der Waals surface area (Å²) in [5.41, 5.74) is 1.68. The number of aromatic nitrogens is 1. The molecular formula is C14H16N2O3S. The molecule has 0 spiro atoms. The van der Waals surface area contributed by atoms with E-state index in [0.717, 1.165) is 11.4 Å². The van der Waals surface area contributed by atoms with E-state index in [0.29, 0.717) is 17.3 Å². The van der Waals surface area contributed by atoms with Crippen molar-refractivity contribution >= 4 is 15.5 Å². The van der Waals surface area contributed by atoms with Gasteiger partial charge in [0, 0.05) is 18.0 Å². The molecule has 0 aliphatic carbocycles. The van der Waals surface area contributed by atoms with Crippen LogP contribution in [0.3, 0.4) is 0 Å². The Hall–Kier alpha value is -2.08. The molecule has 0 atom stereocenters. The summed E-state index contributed by atoms with van der Waals surface area (Å²) in [6.07, 6.45) is 1.19. The molecule has 106 valence electrons. The standard InChI is InChI=1S/C14H16N2O3S/c1-19-14-5-3-4-12(16-14)10-15-11-6-8-13(9-7-11)20(2,17)18/h3-9,15H,10H2,1-2H3. The SMILES string of the molecule is COc1cccc(CNc2ccc(S(C)(=O)=O)cc2)n1. The number of anilines is 1. The van der Waals surface area contributed by atoms with Gasteiger partial charge in [-0.15, -0.1) is 0 Å². The van der Waals surface area contributed by atoms with Crippen LogP contribution in [0.5, 0.6) is 5.88 Å². The molecular weight excluding hydrogens is 276 g/mol. The lowest BCUT2D eigenvalue weighted by molar-refractivity contribution is 0.396. The number of ether oxygens (including phenoxy) is 1. The van der Waals surface area contributed by atoms with Crippen molar-refractivity contribution in [1.29, 1.82) is 0 Å². The van der Waals surface area contributed by atoms with Crippen molar-refractivity contribution in [3.8, 4) is 5.88 Å². The molecule has 0 aliphatic heterocycles. The second-order valence-corrected chi connectivity index (χ2v) is 6.34. The largest absolute Gasteiger partial charge is 0.481 e. The molecule has 0 amide bonds. The maximum Gasteiger partial charge on any atom is 0.213 e. The first-order valence-electron chi connectivity index (χ1n) is 6.03. The van der Waals surface area contributed by atoms with Gasteiger partial charge in [-0.3, -0.25) is 0 Å². The van der Waals surface area contributed by atoms with Crippen molar-refractivity contribution in [2.24, 2.45) is 0 Å². The summed E-state index contributed by atoms with van der Waals surface area (Å²) in [4.78, 5) is 4.59. The summed E-state index contributed by atoms with van der Waals surface area (Å²) in [7, 11) is -1.58. The van der Waals surface area contributed by atoms with Crippen molar-refractivity contribution in [3.63, 3.8) is 0 Å². The first-order chi connectivity index (χ1) is 9.49. The molecule has 2 rings (SSSR count). The lowest BCUT2D eigenvalue weighted by Crippen LogP contribution is -2.03. The molecule has 2 aromatic rings. The van der Waals surface area contributed by atoms with Gasteiger partial charge < -0.3 is 10.1 Å². The van der Waals surface area contributed by atoms with E-state index in [1.165, 1.54) is 6.26 Å².